The molecule has 0 radical (unpaired) electrons. The molecular weight excluding hydrogens is 386 g/mol. The molecular formula is C15H19NO4S4. The van der Waals surface area contributed by atoms with E-state index in [0.717, 1.165) is 14.3 Å². The zero-order chi connectivity index (χ0) is 18.2. The van der Waals surface area contributed by atoms with E-state index in [9.17, 15) is 9.00 Å². The van der Waals surface area contributed by atoms with Gasteiger partial charge in [0.15, 0.2) is 0 Å². The molecule has 132 valence electrons. The Morgan fingerprint density at radius 1 is 1.33 bits per heavy atom. The van der Waals surface area contributed by atoms with Crippen molar-refractivity contribution in [2.24, 2.45) is 0 Å². The van der Waals surface area contributed by atoms with Crippen LogP contribution in [0.2, 0.25) is 0 Å². The van der Waals surface area contributed by atoms with Crippen LogP contribution in [-0.4, -0.2) is 33.0 Å². The number of rotatable bonds is 5. The van der Waals surface area contributed by atoms with Gasteiger partial charge in [0.25, 0.3) is 0 Å². The number of carbonyl (C=O) groups excluding carboxylic acids is 1. The van der Waals surface area contributed by atoms with Crippen LogP contribution in [0.1, 0.15) is 13.8 Å². The summed E-state index contributed by atoms with van der Waals surface area (Å²) in [7, 11) is 0.0299. The summed E-state index contributed by atoms with van der Waals surface area (Å²) in [4.78, 5) is 12.6. The summed E-state index contributed by atoms with van der Waals surface area (Å²) in [5, 5.41) is 2.39. The fourth-order valence-corrected chi connectivity index (χ4v) is 4.34. The summed E-state index contributed by atoms with van der Waals surface area (Å²) >= 11 is 5.09. The average molecular weight is 406 g/mol. The molecule has 5 nitrogen and oxygen atoms in total. The molecule has 0 aliphatic rings. The number of carbonyl (C=O) groups is 1. The second kappa shape index (κ2) is 9.90. The largest absolute Gasteiger partial charge is 0.412 e. The predicted octanol–water partition coefficient (Wildman–Crippen LogP) is 4.51. The smallest absolute Gasteiger partial charge is 0.410 e. The van der Waals surface area contributed by atoms with Gasteiger partial charge >= 0.3 is 6.09 Å². The Balaban J connectivity index is 0.00000139. The molecule has 1 heterocycles. The molecule has 0 spiro atoms. The number of hydrogen-bond acceptors (Lipinski definition) is 6. The first-order valence-electron chi connectivity index (χ1n) is 7.07. The fourth-order valence-electron chi connectivity index (χ4n) is 1.52. The van der Waals surface area contributed by atoms with Gasteiger partial charge in [-0.2, -0.15) is 0 Å². The Hall–Kier alpha value is -1.26. The Labute approximate surface area is 154 Å². The summed E-state index contributed by atoms with van der Waals surface area (Å²) in [6.45, 7) is 4.02. The van der Waals surface area contributed by atoms with Gasteiger partial charge in [0.05, 0.1) is 15.6 Å². The number of benzene rings is 1. The molecule has 1 unspecified atom stereocenters. The first-order valence-corrected chi connectivity index (χ1v) is 11.5. The van der Waals surface area contributed by atoms with E-state index in [1.165, 1.54) is 10.3 Å². The number of ether oxygens (including phenoxy) is 1. The van der Waals surface area contributed by atoms with E-state index in [4.69, 9.17) is 21.5 Å². The van der Waals surface area contributed by atoms with Crippen molar-refractivity contribution in [1.82, 2.24) is 5.32 Å². The second-order valence-corrected chi connectivity index (χ2v) is 9.18. The molecule has 9 heteroatoms. The Morgan fingerprint density at radius 2 is 1.96 bits per heavy atom. The Bertz CT molecular complexity index is 806. The highest BCUT2D eigenvalue weighted by atomic mass is 32.9. The predicted molar refractivity (Wildman–Crippen MR) is 107 cm³/mol. The monoisotopic (exact) mass is 405 g/mol. The van der Waals surface area contributed by atoms with Crippen LogP contribution >= 0.6 is 32.9 Å². The molecule has 1 aromatic carbocycles. The summed E-state index contributed by atoms with van der Waals surface area (Å²) in [5.74, 6) is 3.34. The van der Waals surface area contributed by atoms with Crippen LogP contribution in [0.5, 0.6) is 5.75 Å². The third kappa shape index (κ3) is 7.54. The van der Waals surface area contributed by atoms with E-state index in [-0.39, 0.29) is 12.3 Å². The SMILES string of the molecule is C=S(=O)(O)CCNC(=O)Oc1ccc(-c2cc(=S)ss2)cc1.CC. The molecule has 1 aromatic heterocycles. The third-order valence-corrected chi connectivity index (χ3v) is 6.25. The minimum atomic E-state index is -3.10. The number of amides is 1. The zero-order valence-electron chi connectivity index (χ0n) is 13.3. The maximum absolute atomic E-state index is 11.5. The van der Waals surface area contributed by atoms with Crippen molar-refractivity contribution in [1.29, 1.82) is 0 Å². The lowest BCUT2D eigenvalue weighted by Crippen LogP contribution is -2.31. The van der Waals surface area contributed by atoms with Crippen molar-refractivity contribution in [3.8, 4) is 16.2 Å². The van der Waals surface area contributed by atoms with Gasteiger partial charge < -0.3 is 14.6 Å². The van der Waals surface area contributed by atoms with Crippen LogP contribution in [0, 0.1) is 3.82 Å². The number of nitrogens with one attached hydrogen (secondary N) is 1. The van der Waals surface area contributed by atoms with E-state index in [1.807, 2.05) is 32.0 Å². The van der Waals surface area contributed by atoms with Gasteiger partial charge in [0.2, 0.25) is 0 Å². The Kier molecular flexibility index (Phi) is 8.57. The molecule has 1 atom stereocenters. The van der Waals surface area contributed by atoms with Crippen LogP contribution in [0.3, 0.4) is 0 Å². The van der Waals surface area contributed by atoms with Crippen molar-refractivity contribution >= 4 is 54.7 Å². The molecule has 1 amide bonds. The van der Waals surface area contributed by atoms with Crippen LogP contribution < -0.4 is 10.1 Å². The van der Waals surface area contributed by atoms with E-state index in [1.54, 1.807) is 22.5 Å². The molecule has 2 rings (SSSR count). The van der Waals surface area contributed by atoms with E-state index < -0.39 is 15.9 Å². The first kappa shape index (κ1) is 20.8. The lowest BCUT2D eigenvalue weighted by molar-refractivity contribution is 0.201. The van der Waals surface area contributed by atoms with Crippen molar-refractivity contribution in [3.05, 3.63) is 34.2 Å². The molecule has 24 heavy (non-hydrogen) atoms. The van der Waals surface area contributed by atoms with Gasteiger partial charge in [0, 0.05) is 11.4 Å². The molecule has 2 aromatic rings. The van der Waals surface area contributed by atoms with Crippen LogP contribution in [0.15, 0.2) is 30.3 Å². The van der Waals surface area contributed by atoms with Gasteiger partial charge in [0.1, 0.15) is 9.57 Å². The van der Waals surface area contributed by atoms with Gasteiger partial charge in [-0.05, 0) is 41.8 Å². The standard InChI is InChI=1S/C13H13NO4S4.C2H6/c1-22(16,17)7-6-14-13(15)18-10-4-2-9(3-5-10)11-8-12(19)21-20-11;1-2/h2-5,8H,1,6-7H2,(H,14,15)(H,16,17);1-2H3. The minimum Gasteiger partial charge on any atom is -0.410 e. The van der Waals surface area contributed by atoms with Crippen molar-refractivity contribution in [3.63, 3.8) is 0 Å². The zero-order valence-corrected chi connectivity index (χ0v) is 16.6. The summed E-state index contributed by atoms with van der Waals surface area (Å²) < 4.78 is 25.8. The molecule has 2 N–H and O–H groups in total. The molecule has 0 aliphatic heterocycles. The topological polar surface area (TPSA) is 75.6 Å². The fraction of sp³-hybridized carbons (Fsp3) is 0.267. The van der Waals surface area contributed by atoms with Crippen molar-refractivity contribution < 1.29 is 18.3 Å². The van der Waals surface area contributed by atoms with Crippen LogP contribution in [0.25, 0.3) is 10.4 Å². The van der Waals surface area contributed by atoms with Gasteiger partial charge in [-0.25, -0.2) is 9.00 Å². The molecule has 0 saturated carbocycles. The third-order valence-electron chi connectivity index (χ3n) is 2.50. The van der Waals surface area contributed by atoms with Crippen LogP contribution in [0.4, 0.5) is 4.79 Å². The van der Waals surface area contributed by atoms with Crippen molar-refractivity contribution in [2.45, 2.75) is 13.8 Å². The van der Waals surface area contributed by atoms with E-state index in [2.05, 4.69) is 11.2 Å². The minimum absolute atomic E-state index is 0.0218. The van der Waals surface area contributed by atoms with Gasteiger partial charge in [-0.1, -0.05) is 46.7 Å². The Morgan fingerprint density at radius 3 is 2.46 bits per heavy atom. The second-order valence-electron chi connectivity index (χ2n) is 4.31. The summed E-state index contributed by atoms with van der Waals surface area (Å²) in [6.07, 6.45) is -0.678. The maximum atomic E-state index is 11.5. The lowest BCUT2D eigenvalue weighted by Gasteiger charge is -2.07. The molecule has 0 fully saturated rings. The maximum Gasteiger partial charge on any atom is 0.412 e. The molecule has 0 aliphatic carbocycles. The van der Waals surface area contributed by atoms with Gasteiger partial charge in [-0.3, -0.25) is 0 Å². The lowest BCUT2D eigenvalue weighted by atomic mass is 10.2. The highest BCUT2D eigenvalue weighted by molar-refractivity contribution is 7.95. The normalized spacial score (nSPS) is 12.5. The van der Waals surface area contributed by atoms with Crippen LogP contribution in [-0.2, 0) is 9.80 Å². The quantitative estimate of drug-likeness (QED) is 0.565. The first-order chi connectivity index (χ1) is 11.3. The van der Waals surface area contributed by atoms with Crippen molar-refractivity contribution in [2.75, 3.05) is 12.3 Å². The van der Waals surface area contributed by atoms with E-state index >= 15 is 0 Å². The summed E-state index contributed by atoms with van der Waals surface area (Å²) in [5.41, 5.74) is 1.00. The van der Waals surface area contributed by atoms with Gasteiger partial charge in [-0.15, -0.1) is 0 Å². The highest BCUT2D eigenvalue weighted by Gasteiger charge is 2.06. The average Bonchev–Trinajstić information content (AvgIpc) is 2.95. The highest BCUT2D eigenvalue weighted by Crippen LogP contribution is 2.30. The molecule has 0 bridgehead atoms. The molecule has 0 saturated heterocycles. The van der Waals surface area contributed by atoms with E-state index in [0.29, 0.717) is 5.75 Å². The summed E-state index contributed by atoms with van der Waals surface area (Å²) in [6, 6.07) is 8.97. The number of hydrogen-bond donors (Lipinski definition) is 2.